The molecule has 19 nitrogen and oxygen atoms in total. The summed E-state index contributed by atoms with van der Waals surface area (Å²) in [6, 6.07) is 34.9. The van der Waals surface area contributed by atoms with Crippen molar-refractivity contribution in [1.82, 2.24) is 49.8 Å². The number of amides is 6. The second-order valence-corrected chi connectivity index (χ2v) is 25.3. The highest BCUT2D eigenvalue weighted by Crippen LogP contribution is 2.45. The zero-order valence-corrected chi connectivity index (χ0v) is 50.2. The second kappa shape index (κ2) is 26.4. The molecule has 0 radical (unpaired) electrons. The molecule has 1 saturated carbocycles. The first-order valence-corrected chi connectivity index (χ1v) is 31.8. The van der Waals surface area contributed by atoms with Crippen molar-refractivity contribution >= 4 is 46.4 Å². The maximum atomic E-state index is 15.2. The topological polar surface area (TPSA) is 201 Å². The number of benzene rings is 5. The highest BCUT2D eigenvalue weighted by Gasteiger charge is 2.41. The van der Waals surface area contributed by atoms with Gasteiger partial charge in [-0.3, -0.25) is 43.5 Å². The molecular formula is C69H77FN10O9. The van der Waals surface area contributed by atoms with Gasteiger partial charge in [0.25, 0.3) is 17.4 Å². The van der Waals surface area contributed by atoms with E-state index in [1.807, 2.05) is 64.4 Å². The fourth-order valence-corrected chi connectivity index (χ4v) is 14.1. The molecule has 6 aromatic rings. The summed E-state index contributed by atoms with van der Waals surface area (Å²) in [6.45, 7) is 8.67. The Bertz CT molecular complexity index is 3650. The fourth-order valence-electron chi connectivity index (χ4n) is 14.1. The molecular weight excluding hydrogens is 1130 g/mol. The van der Waals surface area contributed by atoms with Crippen LogP contribution in [0.2, 0.25) is 0 Å². The van der Waals surface area contributed by atoms with Crippen molar-refractivity contribution in [2.24, 2.45) is 11.8 Å². The Morgan fingerprint density at radius 2 is 1.37 bits per heavy atom. The number of rotatable bonds is 17. The zero-order chi connectivity index (χ0) is 61.1. The molecule has 5 aromatic carbocycles. The first-order chi connectivity index (χ1) is 43.4. The van der Waals surface area contributed by atoms with E-state index in [9.17, 15) is 33.6 Å². The highest BCUT2D eigenvalue weighted by molar-refractivity contribution is 5.98. The summed E-state index contributed by atoms with van der Waals surface area (Å²) in [6.07, 6.45) is 5.04. The first kappa shape index (κ1) is 59.6. The molecule has 1 aromatic heterocycles. The van der Waals surface area contributed by atoms with Gasteiger partial charge in [0, 0.05) is 113 Å². The Morgan fingerprint density at radius 3 is 2.08 bits per heavy atom. The van der Waals surface area contributed by atoms with Gasteiger partial charge in [-0.15, -0.1) is 0 Å². The summed E-state index contributed by atoms with van der Waals surface area (Å²) in [5.74, 6) is -1.32. The average Bonchev–Trinajstić information content (AvgIpc) is 2.70. The molecule has 7 aliphatic rings. The smallest absolute Gasteiger partial charge is 0.410 e. The van der Waals surface area contributed by atoms with Crippen LogP contribution in [0.4, 0.5) is 9.18 Å². The van der Waals surface area contributed by atoms with Crippen LogP contribution in [0.5, 0.6) is 0 Å². The van der Waals surface area contributed by atoms with Crippen molar-refractivity contribution in [2.75, 3.05) is 118 Å². The van der Waals surface area contributed by atoms with Crippen LogP contribution in [0.25, 0.3) is 21.9 Å². The van der Waals surface area contributed by atoms with E-state index in [2.05, 4.69) is 49.6 Å². The molecule has 2 atom stereocenters. The number of ether oxygens (including phenoxy) is 2. The van der Waals surface area contributed by atoms with E-state index in [0.717, 1.165) is 99.1 Å². The van der Waals surface area contributed by atoms with Gasteiger partial charge in [-0.2, -0.15) is 5.10 Å². The molecule has 89 heavy (non-hydrogen) atoms. The van der Waals surface area contributed by atoms with Gasteiger partial charge in [0.1, 0.15) is 25.0 Å². The number of aromatic amines is 1. The van der Waals surface area contributed by atoms with Crippen LogP contribution in [0.1, 0.15) is 99.0 Å². The van der Waals surface area contributed by atoms with Crippen molar-refractivity contribution in [3.63, 3.8) is 0 Å². The van der Waals surface area contributed by atoms with Crippen LogP contribution in [0.15, 0.2) is 120 Å². The number of halogens is 1. The molecule has 20 heteroatoms. The molecule has 0 bridgehead atoms. The summed E-state index contributed by atoms with van der Waals surface area (Å²) in [5, 5.41) is 11.1. The van der Waals surface area contributed by atoms with Gasteiger partial charge < -0.3 is 34.4 Å². The lowest BCUT2D eigenvalue weighted by Crippen LogP contribution is -2.60. The van der Waals surface area contributed by atoms with E-state index in [0.29, 0.717) is 112 Å². The quantitative estimate of drug-likeness (QED) is 0.103. The number of hydrogen-bond donors (Lipinski definition) is 2. The SMILES string of the molecule is O=C(NC(C(=O)N1CCN(CC2CCN(CC(=O)N3CCN(C(=O)c4cc(Cc5n[nH]c(=O)c6ccccc56)ccc4F)CC3)CC2)CC1)C1COC1)c1cccc(C2CCCN(C(=O)CN(C(=O)OCC3c4ccccc4-c4ccccc43)C3CC3)C2)c1. The number of piperazine rings is 2. The summed E-state index contributed by atoms with van der Waals surface area (Å²) in [5.41, 5.74) is 6.97. The van der Waals surface area contributed by atoms with Crippen LogP contribution in [-0.2, 0) is 30.3 Å². The second-order valence-electron chi connectivity index (χ2n) is 25.3. The first-order valence-electron chi connectivity index (χ1n) is 31.8. The minimum atomic E-state index is -0.729. The fraction of sp³-hybridized carbons (Fsp3) is 0.449. The molecule has 0 spiro atoms. The number of aromatic nitrogens is 2. The Hall–Kier alpha value is -8.33. The Balaban J connectivity index is 0.537. The van der Waals surface area contributed by atoms with E-state index in [1.54, 1.807) is 45.0 Å². The molecule has 464 valence electrons. The van der Waals surface area contributed by atoms with Crippen molar-refractivity contribution in [3.05, 3.63) is 171 Å². The Labute approximate surface area is 517 Å². The number of H-pyrrole nitrogens is 1. The van der Waals surface area contributed by atoms with E-state index in [-0.39, 0.29) is 71.7 Å². The van der Waals surface area contributed by atoms with Crippen LogP contribution in [0, 0.1) is 17.7 Å². The summed E-state index contributed by atoms with van der Waals surface area (Å²) < 4.78 is 26.7. The average molecular weight is 1210 g/mol. The number of likely N-dealkylation sites (tertiary alicyclic amines) is 2. The third-order valence-electron chi connectivity index (χ3n) is 19.5. The summed E-state index contributed by atoms with van der Waals surface area (Å²) in [7, 11) is 0. The number of carbonyl (C=O) groups is 6. The van der Waals surface area contributed by atoms with Crippen LogP contribution >= 0.6 is 0 Å². The van der Waals surface area contributed by atoms with E-state index < -0.39 is 23.9 Å². The molecule has 6 amide bonds. The number of fused-ring (bicyclic) bond motifs is 4. The van der Waals surface area contributed by atoms with Gasteiger partial charge in [-0.05, 0) is 121 Å². The molecule has 6 heterocycles. The van der Waals surface area contributed by atoms with Gasteiger partial charge in [0.05, 0.1) is 36.4 Å². The van der Waals surface area contributed by atoms with Gasteiger partial charge in [0.15, 0.2) is 0 Å². The van der Waals surface area contributed by atoms with Crippen molar-refractivity contribution in [1.29, 1.82) is 0 Å². The summed E-state index contributed by atoms with van der Waals surface area (Å²) in [4.78, 5) is 109. The Morgan fingerprint density at radius 1 is 0.685 bits per heavy atom. The molecule has 5 aliphatic heterocycles. The van der Waals surface area contributed by atoms with Crippen molar-refractivity contribution < 1.29 is 42.6 Å². The van der Waals surface area contributed by atoms with Crippen LogP contribution in [-0.4, -0.2) is 210 Å². The Kier molecular flexibility index (Phi) is 17.7. The number of carbonyl (C=O) groups excluding carboxylic acids is 6. The maximum absolute atomic E-state index is 15.2. The lowest BCUT2D eigenvalue weighted by atomic mass is 9.89. The summed E-state index contributed by atoms with van der Waals surface area (Å²) >= 11 is 0. The van der Waals surface area contributed by atoms with Crippen LogP contribution in [0.3, 0.4) is 0 Å². The molecule has 5 saturated heterocycles. The van der Waals surface area contributed by atoms with E-state index in [1.165, 1.54) is 6.07 Å². The normalized spacial score (nSPS) is 19.7. The molecule has 13 rings (SSSR count). The predicted octanol–water partition coefficient (Wildman–Crippen LogP) is 6.36. The number of piperidine rings is 2. The highest BCUT2D eigenvalue weighted by atomic mass is 19.1. The van der Waals surface area contributed by atoms with E-state index >= 15 is 4.39 Å². The van der Waals surface area contributed by atoms with Gasteiger partial charge in [-0.25, -0.2) is 14.3 Å². The lowest BCUT2D eigenvalue weighted by molar-refractivity contribution is -0.142. The monoisotopic (exact) mass is 1210 g/mol. The minimum absolute atomic E-state index is 0.00944. The molecule has 2 N–H and O–H groups in total. The molecule has 2 unspecified atom stereocenters. The predicted molar refractivity (Wildman–Crippen MR) is 332 cm³/mol. The third-order valence-corrected chi connectivity index (χ3v) is 19.5. The lowest BCUT2D eigenvalue weighted by Gasteiger charge is -2.41. The van der Waals surface area contributed by atoms with Gasteiger partial charge in [0.2, 0.25) is 17.7 Å². The third kappa shape index (κ3) is 13.2. The van der Waals surface area contributed by atoms with Crippen LogP contribution < -0.4 is 10.9 Å². The largest absolute Gasteiger partial charge is 0.448 e. The standard InChI is InChI=1S/C69H77FN10O9/c70-60-21-18-46(36-61-56-16-5-6-17-57(56)66(84)73-72-61)35-58(60)67(85)77-33-31-76(32-34-77)62(81)40-74-25-22-45(23-26-74)38-75-27-29-78(30-28-75)68(86)64(50-42-88-43-50)71-65(83)48-10-7-9-47(37-48)49-11-8-24-79(39-49)63(82)41-80(51-19-20-51)69(87)89-44-59-54-14-3-1-12-52(54)53-13-2-4-15-55(53)59/h1-7,9-10,12-18,21,35,37,45,49-51,59,64H,8,11,19-20,22-34,36,38-44H2,(H,71,83)(H,73,84). The van der Waals surface area contributed by atoms with Crippen molar-refractivity contribution in [3.8, 4) is 11.1 Å². The molecule has 6 fully saturated rings. The van der Waals surface area contributed by atoms with Crippen molar-refractivity contribution in [2.45, 2.75) is 68.9 Å². The number of hydrogen-bond acceptors (Lipinski definition) is 12. The van der Waals surface area contributed by atoms with E-state index in [4.69, 9.17) is 9.47 Å². The number of nitrogens with one attached hydrogen (secondary N) is 2. The van der Waals surface area contributed by atoms with Gasteiger partial charge >= 0.3 is 6.09 Å². The zero-order valence-electron chi connectivity index (χ0n) is 50.2. The molecule has 2 aliphatic carbocycles. The maximum Gasteiger partial charge on any atom is 0.410 e. The number of nitrogens with zero attached hydrogens (tertiary/aromatic N) is 8. The minimum Gasteiger partial charge on any atom is -0.448 e. The van der Waals surface area contributed by atoms with Gasteiger partial charge in [-0.1, -0.05) is 84.9 Å².